The summed E-state index contributed by atoms with van der Waals surface area (Å²) in [6, 6.07) is 1.40. The summed E-state index contributed by atoms with van der Waals surface area (Å²) in [5.74, 6) is 0.477. The zero-order chi connectivity index (χ0) is 28.7. The van der Waals surface area contributed by atoms with Gasteiger partial charge in [-0.1, -0.05) is 26.0 Å². The molecule has 3 rings (SSSR count). The van der Waals surface area contributed by atoms with Crippen molar-refractivity contribution in [2.24, 2.45) is 5.73 Å². The second-order valence-electron chi connectivity index (χ2n) is 10.2. The van der Waals surface area contributed by atoms with Crippen LogP contribution >= 0.6 is 0 Å². The van der Waals surface area contributed by atoms with Gasteiger partial charge in [-0.3, -0.25) is 14.5 Å². The molecular formula is C28H42N8O3. The maximum atomic E-state index is 12.9. The molecule has 1 aromatic rings. The van der Waals surface area contributed by atoms with E-state index in [9.17, 15) is 14.7 Å². The Morgan fingerprint density at radius 2 is 1.85 bits per heavy atom. The van der Waals surface area contributed by atoms with E-state index in [4.69, 9.17) is 11.1 Å². The molecule has 0 bridgehead atoms. The molecule has 11 heteroatoms. The van der Waals surface area contributed by atoms with Crippen molar-refractivity contribution in [1.82, 2.24) is 24.6 Å². The number of hydrogen-bond donors (Lipinski definition) is 5. The Labute approximate surface area is 230 Å². The number of piperazine rings is 1. The van der Waals surface area contributed by atoms with Crippen LogP contribution in [0.1, 0.15) is 54.7 Å². The highest BCUT2D eigenvalue weighted by molar-refractivity contribution is 5.98. The van der Waals surface area contributed by atoms with Crippen molar-refractivity contribution >= 4 is 23.9 Å². The minimum absolute atomic E-state index is 0.114. The zero-order valence-corrected chi connectivity index (χ0v) is 23.2. The highest BCUT2D eigenvalue weighted by atomic mass is 16.4. The van der Waals surface area contributed by atoms with Crippen LogP contribution in [0, 0.1) is 5.41 Å². The number of aliphatic carboxylic acids is 1. The number of aromatic nitrogens is 1. The van der Waals surface area contributed by atoms with E-state index in [-0.39, 0.29) is 11.9 Å². The van der Waals surface area contributed by atoms with Gasteiger partial charge in [-0.25, -0.2) is 0 Å². The third kappa shape index (κ3) is 7.11. The third-order valence-electron chi connectivity index (χ3n) is 7.33. The fraction of sp³-hybridized carbons (Fsp3) is 0.464. The Hall–Kier alpha value is -3.99. The molecule has 1 amide bonds. The van der Waals surface area contributed by atoms with Gasteiger partial charge in [0.2, 0.25) is 0 Å². The van der Waals surface area contributed by atoms with Crippen LogP contribution in [0.15, 0.2) is 54.8 Å². The molecule has 6 N–H and O–H groups in total. The Morgan fingerprint density at radius 1 is 1.21 bits per heavy atom. The van der Waals surface area contributed by atoms with E-state index in [1.54, 1.807) is 44.1 Å². The normalized spacial score (nSPS) is 18.0. The molecular weight excluding hydrogens is 496 g/mol. The van der Waals surface area contributed by atoms with Crippen molar-refractivity contribution in [1.29, 1.82) is 5.41 Å². The second-order valence-corrected chi connectivity index (χ2v) is 10.2. The maximum Gasteiger partial charge on any atom is 0.320 e. The first kappa shape index (κ1) is 29.6. The Balaban J connectivity index is 1.72. The van der Waals surface area contributed by atoms with Gasteiger partial charge in [-0.15, -0.1) is 0 Å². The van der Waals surface area contributed by atoms with Gasteiger partial charge in [-0.05, 0) is 44.1 Å². The third-order valence-corrected chi connectivity index (χ3v) is 7.33. The highest BCUT2D eigenvalue weighted by Gasteiger charge is 2.28. The van der Waals surface area contributed by atoms with E-state index in [0.717, 1.165) is 31.4 Å². The zero-order valence-electron chi connectivity index (χ0n) is 23.2. The van der Waals surface area contributed by atoms with Crippen LogP contribution in [-0.4, -0.2) is 88.8 Å². The molecule has 212 valence electrons. The van der Waals surface area contributed by atoms with Crippen molar-refractivity contribution in [3.63, 3.8) is 0 Å². The van der Waals surface area contributed by atoms with Crippen LogP contribution in [0.25, 0.3) is 0 Å². The lowest BCUT2D eigenvalue weighted by Crippen LogP contribution is -2.51. The Morgan fingerprint density at radius 3 is 2.38 bits per heavy atom. The minimum atomic E-state index is -0.817. The molecule has 1 unspecified atom stereocenters. The van der Waals surface area contributed by atoms with E-state index >= 15 is 0 Å². The summed E-state index contributed by atoms with van der Waals surface area (Å²) in [5.41, 5.74) is 8.27. The van der Waals surface area contributed by atoms with E-state index in [2.05, 4.69) is 28.7 Å². The topological polar surface area (TPSA) is 143 Å². The lowest BCUT2D eigenvalue weighted by Gasteiger charge is -2.38. The van der Waals surface area contributed by atoms with Crippen molar-refractivity contribution < 1.29 is 14.7 Å². The van der Waals surface area contributed by atoms with Gasteiger partial charge in [0, 0.05) is 63.8 Å². The Kier molecular flexibility index (Phi) is 10.00. The molecule has 2 aliphatic rings. The molecule has 1 saturated heterocycles. The molecule has 11 nitrogen and oxygen atoms in total. The van der Waals surface area contributed by atoms with E-state index in [0.29, 0.717) is 54.9 Å². The summed E-state index contributed by atoms with van der Waals surface area (Å²) < 4.78 is 2.00. The van der Waals surface area contributed by atoms with Crippen LogP contribution in [0.5, 0.6) is 0 Å². The molecule has 1 aromatic heterocycles. The average Bonchev–Trinajstić information content (AvgIpc) is 3.56. The number of carboxylic acid groups (broad SMARTS) is 1. The van der Waals surface area contributed by atoms with Crippen molar-refractivity contribution in [3.05, 3.63) is 66.0 Å². The van der Waals surface area contributed by atoms with Crippen LogP contribution in [0.2, 0.25) is 0 Å². The number of amides is 1. The highest BCUT2D eigenvalue weighted by Crippen LogP contribution is 2.36. The lowest BCUT2D eigenvalue weighted by atomic mass is 10.2. The van der Waals surface area contributed by atoms with Gasteiger partial charge in [-0.2, -0.15) is 0 Å². The summed E-state index contributed by atoms with van der Waals surface area (Å²) in [4.78, 5) is 29.9. The standard InChI is InChI=1S/C28H42N8O3/c1-6-22(35-15-13-34(14-16-35)19(2)28(38)39)11-12-25(30)31-20(3)32-26-21(18-29)17-24(27(37)33(4)5)36(26)23-9-7-8-10-23/h6,11-12,17-19,23,29,31-32H,1,3,7-10,13-16,30H2,2,4-5H3,(H,38,39)/b22-11+,25-12+,29-18?. The fourth-order valence-corrected chi connectivity index (χ4v) is 5.11. The van der Waals surface area contributed by atoms with Crippen LogP contribution in [0.3, 0.4) is 0 Å². The number of nitrogens with zero attached hydrogens (tertiary/aromatic N) is 4. The molecule has 0 aromatic carbocycles. The maximum absolute atomic E-state index is 12.9. The lowest BCUT2D eigenvalue weighted by molar-refractivity contribution is -0.143. The van der Waals surface area contributed by atoms with Gasteiger partial charge in [0.1, 0.15) is 29.2 Å². The molecule has 1 aliphatic heterocycles. The van der Waals surface area contributed by atoms with Gasteiger partial charge < -0.3 is 41.2 Å². The largest absolute Gasteiger partial charge is 0.480 e. The first-order chi connectivity index (χ1) is 18.6. The summed E-state index contributed by atoms with van der Waals surface area (Å²) in [7, 11) is 3.44. The quantitative estimate of drug-likeness (QED) is 0.202. The molecule has 2 fully saturated rings. The number of nitrogens with one attached hydrogen (secondary N) is 3. The van der Waals surface area contributed by atoms with Crippen molar-refractivity contribution in [2.45, 2.75) is 44.7 Å². The number of nitrogens with two attached hydrogens (primary N) is 1. The fourth-order valence-electron chi connectivity index (χ4n) is 5.11. The smallest absolute Gasteiger partial charge is 0.320 e. The van der Waals surface area contributed by atoms with Crippen LogP contribution in [0.4, 0.5) is 5.82 Å². The summed E-state index contributed by atoms with van der Waals surface area (Å²) in [5, 5.41) is 23.5. The molecule has 1 atom stereocenters. The van der Waals surface area contributed by atoms with Crippen molar-refractivity contribution in [3.8, 4) is 0 Å². The minimum Gasteiger partial charge on any atom is -0.480 e. The number of anilines is 1. The summed E-state index contributed by atoms with van der Waals surface area (Å²) in [6.07, 6.45) is 10.7. The van der Waals surface area contributed by atoms with Crippen LogP contribution in [-0.2, 0) is 4.79 Å². The number of carbonyl (C=O) groups excluding carboxylic acids is 1. The van der Waals surface area contributed by atoms with Crippen LogP contribution < -0.4 is 16.4 Å². The summed E-state index contributed by atoms with van der Waals surface area (Å²) >= 11 is 0. The molecule has 39 heavy (non-hydrogen) atoms. The number of rotatable bonds is 12. The van der Waals surface area contributed by atoms with Gasteiger partial charge in [0.25, 0.3) is 5.91 Å². The monoisotopic (exact) mass is 538 g/mol. The van der Waals surface area contributed by atoms with Crippen molar-refractivity contribution in [2.75, 3.05) is 45.6 Å². The van der Waals surface area contributed by atoms with Gasteiger partial charge in [0.05, 0.1) is 0 Å². The van der Waals surface area contributed by atoms with E-state index < -0.39 is 12.0 Å². The predicted octanol–water partition coefficient (Wildman–Crippen LogP) is 2.74. The van der Waals surface area contributed by atoms with Gasteiger partial charge >= 0.3 is 5.97 Å². The average molecular weight is 539 g/mol. The van der Waals surface area contributed by atoms with Gasteiger partial charge in [0.15, 0.2) is 0 Å². The molecule has 2 heterocycles. The summed E-state index contributed by atoms with van der Waals surface area (Å²) in [6.45, 7) is 12.3. The van der Waals surface area contributed by atoms with E-state index in [1.807, 2.05) is 15.5 Å². The molecule has 1 aliphatic carbocycles. The number of carboxylic acids is 1. The predicted molar refractivity (Wildman–Crippen MR) is 155 cm³/mol. The Bertz CT molecular complexity index is 1150. The number of allylic oxidation sites excluding steroid dienone is 3. The van der Waals surface area contributed by atoms with E-state index in [1.165, 1.54) is 6.21 Å². The molecule has 1 saturated carbocycles. The SMILES string of the molecule is C=C/C(=C\C=C(/N)NC(=C)Nc1c(C=N)cc(C(=O)N(C)C)n1C1CCCC1)N1CCN(C(C)C(=O)O)CC1. The number of carbonyl (C=O) groups is 2. The first-order valence-electron chi connectivity index (χ1n) is 13.3. The number of hydrogen-bond acceptors (Lipinski definition) is 8. The first-order valence-corrected chi connectivity index (χ1v) is 13.3. The second kappa shape index (κ2) is 13.2. The molecule has 0 radical (unpaired) electrons. The molecule has 0 spiro atoms.